The van der Waals surface area contributed by atoms with Gasteiger partial charge in [-0.3, -0.25) is 0 Å². The Labute approximate surface area is 132 Å². The van der Waals surface area contributed by atoms with E-state index in [0.717, 1.165) is 11.8 Å². The van der Waals surface area contributed by atoms with Gasteiger partial charge in [0.05, 0.1) is 12.7 Å². The van der Waals surface area contributed by atoms with Crippen LogP contribution in [0.2, 0.25) is 0 Å². The minimum Gasteiger partial charge on any atom is -0.370 e. The van der Waals surface area contributed by atoms with Crippen LogP contribution in [0.4, 0.5) is 0 Å². The molecule has 1 fully saturated rings. The second-order valence-corrected chi connectivity index (χ2v) is 5.93. The molecule has 0 aliphatic carbocycles. The van der Waals surface area contributed by atoms with Gasteiger partial charge in [0.2, 0.25) is 0 Å². The highest BCUT2D eigenvalue weighted by atomic mass is 16.8. The molecule has 22 heavy (non-hydrogen) atoms. The van der Waals surface area contributed by atoms with Crippen molar-refractivity contribution in [2.45, 2.75) is 57.4 Å². The molecule has 0 spiro atoms. The van der Waals surface area contributed by atoms with Gasteiger partial charge in [-0.15, -0.1) is 6.58 Å². The van der Waals surface area contributed by atoms with Gasteiger partial charge in [0.15, 0.2) is 18.2 Å². The van der Waals surface area contributed by atoms with E-state index in [1.165, 1.54) is 0 Å². The summed E-state index contributed by atoms with van der Waals surface area (Å²) in [5.74, 6) is -0.844. The van der Waals surface area contributed by atoms with Crippen molar-refractivity contribution < 1.29 is 19.0 Å². The molecule has 4 heteroatoms. The molecule has 1 aliphatic heterocycles. The van der Waals surface area contributed by atoms with E-state index in [0.29, 0.717) is 13.0 Å². The number of carbonyl (C=O) groups excluding carboxylic acids is 1. The maximum absolute atomic E-state index is 11.5. The first-order chi connectivity index (χ1) is 10.5. The Kier molecular flexibility index (Phi) is 5.16. The zero-order valence-electron chi connectivity index (χ0n) is 13.5. The highest BCUT2D eigenvalue weighted by Gasteiger charge is 2.56. The van der Waals surface area contributed by atoms with Gasteiger partial charge in [-0.1, -0.05) is 43.3 Å². The molecule has 0 bridgehead atoms. The fourth-order valence-electron chi connectivity index (χ4n) is 2.92. The molecule has 1 aromatic carbocycles. The normalized spacial score (nSPS) is 28.2. The van der Waals surface area contributed by atoms with Crippen LogP contribution in [0.3, 0.4) is 0 Å². The highest BCUT2D eigenvalue weighted by molar-refractivity contribution is 5.61. The van der Waals surface area contributed by atoms with Gasteiger partial charge >= 0.3 is 0 Å². The molecule has 120 valence electrons. The first-order valence-electron chi connectivity index (χ1n) is 7.60. The number of rotatable bonds is 7. The Hall–Kier alpha value is -1.49. The predicted octanol–water partition coefficient (Wildman–Crippen LogP) is 3.26. The molecule has 0 N–H and O–H groups in total. The first kappa shape index (κ1) is 16.9. The smallest absolute Gasteiger partial charge is 0.165 e. The SMILES string of the molecule is C=C[C@]1([C@@H](CC)OCc2ccccc2)OC(C)(C)O[C@H]1C=O. The van der Waals surface area contributed by atoms with Gasteiger partial charge in [0.1, 0.15) is 5.60 Å². The van der Waals surface area contributed by atoms with Crippen LogP contribution in [0.1, 0.15) is 32.8 Å². The molecule has 4 nitrogen and oxygen atoms in total. The van der Waals surface area contributed by atoms with Crippen molar-refractivity contribution in [3.8, 4) is 0 Å². The fourth-order valence-corrected chi connectivity index (χ4v) is 2.92. The summed E-state index contributed by atoms with van der Waals surface area (Å²) >= 11 is 0. The lowest BCUT2D eigenvalue weighted by molar-refractivity contribution is -0.180. The summed E-state index contributed by atoms with van der Waals surface area (Å²) in [6.45, 7) is 9.89. The number of ether oxygens (including phenoxy) is 3. The van der Waals surface area contributed by atoms with Gasteiger partial charge in [-0.2, -0.15) is 0 Å². The second kappa shape index (κ2) is 6.73. The molecule has 1 heterocycles. The summed E-state index contributed by atoms with van der Waals surface area (Å²) in [5, 5.41) is 0. The quantitative estimate of drug-likeness (QED) is 0.573. The fraction of sp³-hybridized carbons (Fsp3) is 0.500. The average molecular weight is 304 g/mol. The van der Waals surface area contributed by atoms with Crippen molar-refractivity contribution >= 4 is 6.29 Å². The van der Waals surface area contributed by atoms with Gasteiger partial charge in [0.25, 0.3) is 0 Å². The molecule has 0 radical (unpaired) electrons. The van der Waals surface area contributed by atoms with Crippen LogP contribution in [0.5, 0.6) is 0 Å². The summed E-state index contributed by atoms with van der Waals surface area (Å²) in [5.41, 5.74) is 0.107. The van der Waals surface area contributed by atoms with Crippen molar-refractivity contribution in [1.82, 2.24) is 0 Å². The molecule has 0 unspecified atom stereocenters. The molecule has 1 aliphatic rings. The van der Waals surface area contributed by atoms with Crippen molar-refractivity contribution in [1.29, 1.82) is 0 Å². The molecule has 1 aromatic rings. The topological polar surface area (TPSA) is 44.8 Å². The van der Waals surface area contributed by atoms with Crippen LogP contribution < -0.4 is 0 Å². The van der Waals surface area contributed by atoms with Crippen LogP contribution in [0.25, 0.3) is 0 Å². The number of benzene rings is 1. The minimum absolute atomic E-state index is 0.317. The Morgan fingerprint density at radius 3 is 2.59 bits per heavy atom. The lowest BCUT2D eigenvalue weighted by atomic mass is 9.89. The van der Waals surface area contributed by atoms with Crippen molar-refractivity contribution in [3.63, 3.8) is 0 Å². The number of aldehydes is 1. The average Bonchev–Trinajstić information content (AvgIpc) is 2.80. The van der Waals surface area contributed by atoms with Gasteiger partial charge in [0, 0.05) is 0 Å². The van der Waals surface area contributed by atoms with E-state index >= 15 is 0 Å². The summed E-state index contributed by atoms with van der Waals surface area (Å²) in [4.78, 5) is 11.5. The monoisotopic (exact) mass is 304 g/mol. The van der Waals surface area contributed by atoms with Crippen molar-refractivity contribution in [2.75, 3.05) is 0 Å². The highest BCUT2D eigenvalue weighted by Crippen LogP contribution is 2.41. The maximum atomic E-state index is 11.5. The van der Waals surface area contributed by atoms with E-state index in [-0.39, 0.29) is 6.10 Å². The molecule has 3 atom stereocenters. The standard InChI is InChI=1S/C18H24O4/c1-5-15(20-13-14-10-8-7-9-11-14)18(6-2)16(12-19)21-17(3,4)22-18/h6-12,15-16H,2,5,13H2,1,3-4H3/t15-,16+,18-/m1/s1. The van der Waals surface area contributed by atoms with Crippen LogP contribution >= 0.6 is 0 Å². The first-order valence-corrected chi connectivity index (χ1v) is 7.60. The predicted molar refractivity (Wildman–Crippen MR) is 84.3 cm³/mol. The molecule has 1 saturated heterocycles. The lowest BCUT2D eigenvalue weighted by Crippen LogP contribution is -2.50. The Morgan fingerprint density at radius 2 is 2.05 bits per heavy atom. The molecular weight excluding hydrogens is 280 g/mol. The summed E-state index contributed by atoms with van der Waals surface area (Å²) in [7, 11) is 0. The van der Waals surface area contributed by atoms with Crippen LogP contribution in [-0.2, 0) is 25.6 Å². The number of hydrogen-bond acceptors (Lipinski definition) is 4. The largest absolute Gasteiger partial charge is 0.370 e. The molecule has 0 aromatic heterocycles. The van der Waals surface area contributed by atoms with Crippen molar-refractivity contribution in [2.24, 2.45) is 0 Å². The minimum atomic E-state index is -0.964. The third kappa shape index (κ3) is 3.29. The van der Waals surface area contributed by atoms with Crippen LogP contribution in [0, 0.1) is 0 Å². The van der Waals surface area contributed by atoms with E-state index in [1.807, 2.05) is 37.3 Å². The molecule has 0 saturated carbocycles. The van der Waals surface area contributed by atoms with E-state index in [4.69, 9.17) is 14.2 Å². The Bertz CT molecular complexity index is 511. The summed E-state index contributed by atoms with van der Waals surface area (Å²) in [6.07, 6.45) is 2.05. The third-order valence-corrected chi connectivity index (χ3v) is 3.89. The maximum Gasteiger partial charge on any atom is 0.165 e. The zero-order chi connectivity index (χ0) is 16.2. The van der Waals surface area contributed by atoms with Crippen LogP contribution in [0.15, 0.2) is 43.0 Å². The van der Waals surface area contributed by atoms with E-state index in [2.05, 4.69) is 6.58 Å². The Morgan fingerprint density at radius 1 is 1.36 bits per heavy atom. The van der Waals surface area contributed by atoms with Gasteiger partial charge < -0.3 is 19.0 Å². The second-order valence-electron chi connectivity index (χ2n) is 5.93. The zero-order valence-corrected chi connectivity index (χ0v) is 13.5. The van der Waals surface area contributed by atoms with Crippen LogP contribution in [-0.4, -0.2) is 29.9 Å². The summed E-state index contributed by atoms with van der Waals surface area (Å²) < 4.78 is 17.8. The van der Waals surface area contributed by atoms with Gasteiger partial charge in [-0.05, 0) is 25.8 Å². The third-order valence-electron chi connectivity index (χ3n) is 3.89. The summed E-state index contributed by atoms with van der Waals surface area (Å²) in [6, 6.07) is 9.90. The molecule has 2 rings (SSSR count). The van der Waals surface area contributed by atoms with E-state index in [1.54, 1.807) is 19.9 Å². The lowest BCUT2D eigenvalue weighted by Gasteiger charge is -2.35. The number of carbonyl (C=O) groups is 1. The molecular formula is C18H24O4. The molecule has 0 amide bonds. The van der Waals surface area contributed by atoms with E-state index in [9.17, 15) is 4.79 Å². The number of hydrogen-bond donors (Lipinski definition) is 0. The van der Waals surface area contributed by atoms with Crippen molar-refractivity contribution in [3.05, 3.63) is 48.6 Å². The van der Waals surface area contributed by atoms with Gasteiger partial charge in [-0.25, -0.2) is 0 Å². The Balaban J connectivity index is 2.19. The van der Waals surface area contributed by atoms with E-state index < -0.39 is 17.5 Å².